The Morgan fingerprint density at radius 2 is 1.16 bits per heavy atom. The topological polar surface area (TPSA) is 192 Å². The van der Waals surface area contributed by atoms with Crippen LogP contribution in [0, 0.1) is 23.5 Å². The number of anilines is 2. The van der Waals surface area contributed by atoms with Crippen LogP contribution in [-0.4, -0.2) is 110 Å². The van der Waals surface area contributed by atoms with Crippen molar-refractivity contribution in [3.8, 4) is 0 Å². The Hall–Kier alpha value is -6.53. The van der Waals surface area contributed by atoms with Gasteiger partial charge in [-0.1, -0.05) is 39.8 Å². The van der Waals surface area contributed by atoms with Crippen LogP contribution < -0.4 is 20.4 Å². The number of imidazole rings is 2. The van der Waals surface area contributed by atoms with Crippen LogP contribution in [0.5, 0.6) is 0 Å². The molecule has 6 heterocycles. The first-order chi connectivity index (χ1) is 33.1. The summed E-state index contributed by atoms with van der Waals surface area (Å²) in [6.45, 7) is 8.73. The fourth-order valence-electron chi connectivity index (χ4n) is 11.1. The first-order valence-electron chi connectivity index (χ1n) is 24.2. The molecule has 5 aromatic rings. The summed E-state index contributed by atoms with van der Waals surface area (Å²) in [6.07, 6.45) is 1.54. The number of nitrogens with one attached hydrogen (secondary N) is 4. The third-order valence-corrected chi connectivity index (χ3v) is 14.5. The number of carbonyl (C=O) groups is 4. The number of likely N-dealkylation sites (tertiary alicyclic amines) is 2. The number of halogens is 3. The molecule has 16 nitrogen and oxygen atoms in total. The van der Waals surface area contributed by atoms with Gasteiger partial charge in [0, 0.05) is 31.9 Å². The summed E-state index contributed by atoms with van der Waals surface area (Å²) in [6, 6.07) is 11.5. The van der Waals surface area contributed by atoms with E-state index in [4.69, 9.17) is 14.7 Å². The summed E-state index contributed by atoms with van der Waals surface area (Å²) in [7, 11) is 1.26. The molecule has 0 radical (unpaired) electrons. The number of alkyl carbamates (subject to hydrolysis) is 1. The molecule has 3 aromatic carbocycles. The van der Waals surface area contributed by atoms with Gasteiger partial charge in [-0.05, 0) is 111 Å². The molecule has 9 rings (SSSR count). The van der Waals surface area contributed by atoms with Gasteiger partial charge in [0.25, 0.3) is 0 Å². The highest BCUT2D eigenvalue weighted by molar-refractivity contribution is 5.87. The third-order valence-electron chi connectivity index (χ3n) is 14.5. The van der Waals surface area contributed by atoms with Crippen molar-refractivity contribution in [2.45, 2.75) is 121 Å². The first-order valence-corrected chi connectivity index (χ1v) is 24.2. The lowest BCUT2D eigenvalue weighted by Gasteiger charge is -2.35. The van der Waals surface area contributed by atoms with Crippen molar-refractivity contribution in [1.82, 2.24) is 40.4 Å². The summed E-state index contributed by atoms with van der Waals surface area (Å²) in [4.78, 5) is 75.3. The quantitative estimate of drug-likeness (QED) is 0.0808. The number of hydrogen-bond acceptors (Lipinski definition) is 9. The predicted molar refractivity (Wildman–Crippen MR) is 253 cm³/mol. The zero-order valence-corrected chi connectivity index (χ0v) is 39.6. The van der Waals surface area contributed by atoms with Gasteiger partial charge in [0.2, 0.25) is 11.8 Å². The number of piperidine rings is 1. The summed E-state index contributed by atoms with van der Waals surface area (Å²) in [5, 5.41) is 14.5. The van der Waals surface area contributed by atoms with Gasteiger partial charge in [0.05, 0.1) is 53.3 Å². The molecular weight excluding hydrogens is 894 g/mol. The third kappa shape index (κ3) is 9.35. The van der Waals surface area contributed by atoms with Gasteiger partial charge in [0.1, 0.15) is 35.6 Å². The Labute approximate surface area is 398 Å². The van der Waals surface area contributed by atoms with Gasteiger partial charge in [0.15, 0.2) is 11.6 Å². The maximum atomic E-state index is 16.4. The number of carboxylic acid groups (broad SMARTS) is 1. The summed E-state index contributed by atoms with van der Waals surface area (Å²) < 4.78 is 51.7. The van der Waals surface area contributed by atoms with E-state index in [1.165, 1.54) is 19.2 Å². The Morgan fingerprint density at radius 1 is 0.681 bits per heavy atom. The number of ether oxygens (including phenoxy) is 1. The predicted octanol–water partition coefficient (Wildman–Crippen LogP) is 8.74. The number of rotatable bonds is 12. The Morgan fingerprint density at radius 3 is 1.61 bits per heavy atom. The number of benzene rings is 3. The lowest BCUT2D eigenvalue weighted by Crippen LogP contribution is -2.51. The van der Waals surface area contributed by atoms with Crippen LogP contribution in [-0.2, 0) is 14.3 Å². The second kappa shape index (κ2) is 19.5. The van der Waals surface area contributed by atoms with E-state index in [0.29, 0.717) is 67.1 Å². The van der Waals surface area contributed by atoms with Gasteiger partial charge >= 0.3 is 12.2 Å². The normalized spacial score (nSPS) is 22.1. The van der Waals surface area contributed by atoms with E-state index in [2.05, 4.69) is 25.5 Å². The number of amides is 4. The molecule has 368 valence electrons. The number of hydrogen-bond donors (Lipinski definition) is 5. The van der Waals surface area contributed by atoms with E-state index in [0.717, 1.165) is 35.0 Å². The van der Waals surface area contributed by atoms with Crippen LogP contribution in [0.3, 0.4) is 0 Å². The minimum absolute atomic E-state index is 0.158. The van der Waals surface area contributed by atoms with Gasteiger partial charge in [-0.2, -0.15) is 0 Å². The molecule has 0 aliphatic carbocycles. The number of aromatic amines is 2. The molecule has 69 heavy (non-hydrogen) atoms. The molecule has 19 heteroatoms. The number of carbonyl (C=O) groups excluding carboxylic acids is 3. The molecule has 4 aliphatic heterocycles. The van der Waals surface area contributed by atoms with E-state index in [9.17, 15) is 28.7 Å². The minimum Gasteiger partial charge on any atom is -0.465 e. The zero-order chi connectivity index (χ0) is 48.8. The Kier molecular flexibility index (Phi) is 13.4. The van der Waals surface area contributed by atoms with Crippen molar-refractivity contribution in [2.24, 2.45) is 11.8 Å². The number of H-pyrrole nitrogens is 2. The largest absolute Gasteiger partial charge is 0.465 e. The Balaban J connectivity index is 1.04. The van der Waals surface area contributed by atoms with Crippen molar-refractivity contribution < 1.29 is 42.2 Å². The number of fused-ring (bicyclic) bond motifs is 2. The second-order valence-electron chi connectivity index (χ2n) is 19.6. The standard InChI is InChI=1S/C50H61F3N10O6/c1-26(2)42(58-49(66)67)47(64)61-18-6-8-40(61)45-54-34-12-10-28(22-36(34)56-45)38-14-15-39(63(38)31-24-32(52)44(33(53)25-31)60-20-16-30(51)17-21-60)29-11-13-35-37(23-29)57-46(55-35)41-9-7-19-62(41)48(65)43(27(3)4)59-50(68)69-5/h10-13,22-27,30,38-43,58H,6-9,14-21H2,1-5H3,(H,54,56)(H,55,57)(H,59,68)(H,66,67)/t38-,39-,40+,41+,42?,43?/m1/s1. The van der Waals surface area contributed by atoms with Gasteiger partial charge in [-0.3, -0.25) is 9.59 Å². The minimum atomic E-state index is -1.26. The van der Waals surface area contributed by atoms with Crippen LogP contribution in [0.4, 0.5) is 34.1 Å². The molecule has 0 saturated carbocycles. The molecule has 2 unspecified atom stereocenters. The molecule has 4 fully saturated rings. The fourth-order valence-corrected chi connectivity index (χ4v) is 11.1. The van der Waals surface area contributed by atoms with Crippen molar-refractivity contribution in [2.75, 3.05) is 43.1 Å². The average Bonchev–Trinajstić information content (AvgIpc) is 4.18. The molecule has 4 aliphatic rings. The molecule has 6 atom stereocenters. The van der Waals surface area contributed by atoms with Crippen LogP contribution in [0.1, 0.15) is 126 Å². The molecule has 2 aromatic heterocycles. The van der Waals surface area contributed by atoms with E-state index < -0.39 is 42.1 Å². The Bertz CT molecular complexity index is 2710. The van der Waals surface area contributed by atoms with Crippen molar-refractivity contribution >= 4 is 57.4 Å². The van der Waals surface area contributed by atoms with Crippen molar-refractivity contribution in [3.05, 3.63) is 82.9 Å². The smallest absolute Gasteiger partial charge is 0.407 e. The zero-order valence-electron chi connectivity index (χ0n) is 39.6. The van der Waals surface area contributed by atoms with E-state index >= 15 is 8.78 Å². The van der Waals surface area contributed by atoms with Gasteiger partial charge in [-0.25, -0.2) is 32.7 Å². The van der Waals surface area contributed by atoms with E-state index in [1.54, 1.807) is 28.5 Å². The van der Waals surface area contributed by atoms with Crippen molar-refractivity contribution in [1.29, 1.82) is 0 Å². The highest BCUT2D eigenvalue weighted by Crippen LogP contribution is 2.49. The number of methoxy groups -OCH3 is 1. The monoisotopic (exact) mass is 954 g/mol. The second-order valence-corrected chi connectivity index (χ2v) is 19.6. The lowest BCUT2D eigenvalue weighted by atomic mass is 10.0. The molecule has 4 amide bonds. The molecule has 0 bridgehead atoms. The molecule has 4 saturated heterocycles. The van der Waals surface area contributed by atoms with Crippen LogP contribution in [0.2, 0.25) is 0 Å². The number of nitrogens with zero attached hydrogens (tertiary/aromatic N) is 6. The maximum absolute atomic E-state index is 16.4. The molecular formula is C50H61F3N10O6. The highest BCUT2D eigenvalue weighted by atomic mass is 19.1. The SMILES string of the molecule is COC(=O)NC(C(=O)N1CCC[C@H]1c1nc2ccc([C@H]3CC[C@H](c4ccc5nc([C@@H]6CCCN6C(=O)C(NC(=O)O)C(C)C)[nH]c5c4)N3c3cc(F)c(N4CCC(F)CC4)c(F)c3)cc2[nH]1)C(C)C. The van der Waals surface area contributed by atoms with Crippen molar-refractivity contribution in [3.63, 3.8) is 0 Å². The molecule has 5 N–H and O–H groups in total. The number of alkyl halides is 1. The van der Waals surface area contributed by atoms with E-state index in [1.807, 2.05) is 50.2 Å². The first kappa shape index (κ1) is 47.5. The van der Waals surface area contributed by atoms with E-state index in [-0.39, 0.29) is 79.4 Å². The fraction of sp³-hybridized carbons (Fsp3) is 0.520. The number of aromatic nitrogens is 4. The van der Waals surface area contributed by atoms with Crippen LogP contribution in [0.25, 0.3) is 22.1 Å². The molecule has 0 spiro atoms. The lowest BCUT2D eigenvalue weighted by molar-refractivity contribution is -0.136. The van der Waals surface area contributed by atoms with Gasteiger partial charge < -0.3 is 50.0 Å². The summed E-state index contributed by atoms with van der Waals surface area (Å²) >= 11 is 0. The maximum Gasteiger partial charge on any atom is 0.407 e. The van der Waals surface area contributed by atoms with Gasteiger partial charge in [-0.15, -0.1) is 0 Å². The average molecular weight is 955 g/mol. The summed E-state index contributed by atoms with van der Waals surface area (Å²) in [5.41, 5.74) is 4.82. The summed E-state index contributed by atoms with van der Waals surface area (Å²) in [5.74, 6) is -1.19. The van der Waals surface area contributed by atoms with Crippen LogP contribution >= 0.6 is 0 Å². The van der Waals surface area contributed by atoms with Crippen LogP contribution in [0.15, 0.2) is 48.5 Å². The highest BCUT2D eigenvalue weighted by Gasteiger charge is 2.41.